The smallest absolute Gasteiger partial charge is 0.0529 e. The predicted molar refractivity (Wildman–Crippen MR) is 49.8 cm³/mol. The minimum atomic E-state index is 0.0671. The first kappa shape index (κ1) is 8.31. The van der Waals surface area contributed by atoms with Crippen LogP contribution in [0.4, 0.5) is 0 Å². The van der Waals surface area contributed by atoms with E-state index < -0.39 is 0 Å². The third-order valence-corrected chi connectivity index (χ3v) is 4.61. The Hall–Kier alpha value is -0.300. The maximum Gasteiger partial charge on any atom is 0.0529 e. The number of rotatable bonds is 1. The van der Waals surface area contributed by atoms with Crippen molar-refractivity contribution in [1.82, 2.24) is 0 Å². The molecule has 2 aliphatic carbocycles. The highest BCUT2D eigenvalue weighted by molar-refractivity contribution is 5.28. The fourth-order valence-electron chi connectivity index (χ4n) is 3.37. The van der Waals surface area contributed by atoms with Gasteiger partial charge >= 0.3 is 0 Å². The molecule has 12 heavy (non-hydrogen) atoms. The quantitative estimate of drug-likeness (QED) is 0.593. The second-order valence-electron chi connectivity index (χ2n) is 5.01. The van der Waals surface area contributed by atoms with E-state index >= 15 is 0 Å². The van der Waals surface area contributed by atoms with Gasteiger partial charge in [0, 0.05) is 5.41 Å². The van der Waals surface area contributed by atoms with Crippen LogP contribution in [0.25, 0.3) is 0 Å². The zero-order chi connectivity index (χ0) is 8.98. The summed E-state index contributed by atoms with van der Waals surface area (Å²) >= 11 is 0. The number of fused-ring (bicyclic) bond motifs is 2. The zero-order valence-electron chi connectivity index (χ0n) is 8.06. The van der Waals surface area contributed by atoms with E-state index in [9.17, 15) is 5.11 Å². The van der Waals surface area contributed by atoms with E-state index in [1.807, 2.05) is 0 Å². The van der Waals surface area contributed by atoms with Crippen molar-refractivity contribution < 1.29 is 5.11 Å². The molecular formula is C11H18O. The molecule has 1 heteroatoms. The maximum absolute atomic E-state index is 9.49. The molecule has 2 rings (SSSR count). The molecule has 2 bridgehead atoms. The Bertz CT molecular complexity index is 229. The molecule has 0 aromatic carbocycles. The second-order valence-corrected chi connectivity index (χ2v) is 5.01. The van der Waals surface area contributed by atoms with E-state index in [4.69, 9.17) is 0 Å². The molecule has 0 spiro atoms. The monoisotopic (exact) mass is 166 g/mol. The summed E-state index contributed by atoms with van der Waals surface area (Å²) in [5, 5.41) is 9.49. The summed E-state index contributed by atoms with van der Waals surface area (Å²) < 4.78 is 0. The van der Waals surface area contributed by atoms with Gasteiger partial charge in [-0.25, -0.2) is 0 Å². The van der Waals surface area contributed by atoms with Crippen LogP contribution in [0.2, 0.25) is 0 Å². The maximum atomic E-state index is 9.49. The molecule has 2 aliphatic rings. The van der Waals surface area contributed by atoms with Gasteiger partial charge in [-0.2, -0.15) is 0 Å². The van der Waals surface area contributed by atoms with Crippen LogP contribution in [0.1, 0.15) is 33.1 Å². The number of aliphatic hydroxyl groups is 1. The molecule has 1 N–H and O–H groups in total. The fraction of sp³-hybridized carbons (Fsp3) is 0.818. The van der Waals surface area contributed by atoms with Crippen LogP contribution in [-0.2, 0) is 0 Å². The minimum absolute atomic E-state index is 0.0671. The fourth-order valence-corrected chi connectivity index (χ4v) is 3.37. The van der Waals surface area contributed by atoms with E-state index in [0.29, 0.717) is 12.0 Å². The molecule has 0 unspecified atom stereocenters. The van der Waals surface area contributed by atoms with Crippen LogP contribution >= 0.6 is 0 Å². The molecule has 68 valence electrons. The van der Waals surface area contributed by atoms with Crippen molar-refractivity contribution in [1.29, 1.82) is 0 Å². The first-order valence-corrected chi connectivity index (χ1v) is 4.84. The molecule has 0 heterocycles. The molecule has 0 aromatic heterocycles. The Balaban J connectivity index is 2.46. The first-order chi connectivity index (χ1) is 5.54. The van der Waals surface area contributed by atoms with Crippen molar-refractivity contribution in [2.24, 2.45) is 16.7 Å². The van der Waals surface area contributed by atoms with Crippen molar-refractivity contribution in [3.8, 4) is 0 Å². The minimum Gasteiger partial charge on any atom is -0.395 e. The molecule has 2 saturated carbocycles. The second kappa shape index (κ2) is 2.14. The van der Waals surface area contributed by atoms with Gasteiger partial charge < -0.3 is 5.11 Å². The van der Waals surface area contributed by atoms with Crippen LogP contribution in [0.5, 0.6) is 0 Å². The third kappa shape index (κ3) is 0.646. The largest absolute Gasteiger partial charge is 0.395 e. The Kier molecular flexibility index (Phi) is 1.48. The summed E-state index contributed by atoms with van der Waals surface area (Å²) in [6, 6.07) is 0. The normalized spacial score (nSPS) is 43.9. The van der Waals surface area contributed by atoms with Crippen LogP contribution in [0.3, 0.4) is 0 Å². The van der Waals surface area contributed by atoms with E-state index in [0.717, 1.165) is 18.8 Å². The van der Waals surface area contributed by atoms with Gasteiger partial charge in [-0.05, 0) is 30.6 Å². The van der Waals surface area contributed by atoms with E-state index in [1.165, 1.54) is 12.0 Å². The summed E-state index contributed by atoms with van der Waals surface area (Å²) in [5.41, 5.74) is 1.66. The molecule has 1 nitrogen and oxygen atoms in total. The Morgan fingerprint density at radius 2 is 2.25 bits per heavy atom. The highest BCUT2D eigenvalue weighted by Gasteiger charge is 2.60. The lowest BCUT2D eigenvalue weighted by Crippen LogP contribution is -2.34. The summed E-state index contributed by atoms with van der Waals surface area (Å²) in [5.74, 6) is 0.775. The summed E-state index contributed by atoms with van der Waals surface area (Å²) in [4.78, 5) is 0. The topological polar surface area (TPSA) is 20.2 Å². The summed E-state index contributed by atoms with van der Waals surface area (Å²) in [7, 11) is 0. The molecule has 0 saturated heterocycles. The van der Waals surface area contributed by atoms with Gasteiger partial charge in [-0.1, -0.05) is 26.0 Å². The van der Waals surface area contributed by atoms with Crippen LogP contribution in [0, 0.1) is 16.7 Å². The lowest BCUT2D eigenvalue weighted by Gasteiger charge is -2.37. The van der Waals surface area contributed by atoms with Crippen molar-refractivity contribution in [2.45, 2.75) is 33.1 Å². The zero-order valence-corrected chi connectivity index (χ0v) is 8.06. The summed E-state index contributed by atoms with van der Waals surface area (Å²) in [6.07, 6.45) is 3.58. The first-order valence-electron chi connectivity index (χ1n) is 4.84. The van der Waals surface area contributed by atoms with Gasteiger partial charge in [0.1, 0.15) is 0 Å². The highest BCUT2D eigenvalue weighted by Crippen LogP contribution is 2.67. The molecule has 0 aromatic rings. The molecule has 2 fully saturated rings. The van der Waals surface area contributed by atoms with Crippen molar-refractivity contribution in [3.63, 3.8) is 0 Å². The van der Waals surface area contributed by atoms with Crippen LogP contribution < -0.4 is 0 Å². The molecule has 0 amide bonds. The Labute approximate surface area is 74.5 Å². The van der Waals surface area contributed by atoms with E-state index in [2.05, 4.69) is 20.4 Å². The van der Waals surface area contributed by atoms with Crippen molar-refractivity contribution in [2.75, 3.05) is 6.61 Å². The van der Waals surface area contributed by atoms with Crippen LogP contribution in [0.15, 0.2) is 12.2 Å². The SMILES string of the molecule is C=C1C[C@H]2CC[C@]1(CO)C2(C)C. The lowest BCUT2D eigenvalue weighted by atomic mass is 9.68. The van der Waals surface area contributed by atoms with E-state index in [1.54, 1.807) is 0 Å². The lowest BCUT2D eigenvalue weighted by molar-refractivity contribution is 0.0745. The predicted octanol–water partition coefficient (Wildman–Crippen LogP) is 2.36. The third-order valence-electron chi connectivity index (χ3n) is 4.61. The Morgan fingerprint density at radius 1 is 1.58 bits per heavy atom. The van der Waals surface area contributed by atoms with Gasteiger partial charge in [0.15, 0.2) is 0 Å². The van der Waals surface area contributed by atoms with Gasteiger partial charge in [-0.3, -0.25) is 0 Å². The molecule has 2 atom stereocenters. The van der Waals surface area contributed by atoms with Gasteiger partial charge in [0.2, 0.25) is 0 Å². The average Bonchev–Trinajstić information content (AvgIpc) is 2.36. The Morgan fingerprint density at radius 3 is 2.50 bits per heavy atom. The van der Waals surface area contributed by atoms with Gasteiger partial charge in [0.05, 0.1) is 6.61 Å². The molecule has 0 aliphatic heterocycles. The molecule has 0 radical (unpaired) electrons. The highest BCUT2D eigenvalue weighted by atomic mass is 16.3. The van der Waals surface area contributed by atoms with Gasteiger partial charge in [-0.15, -0.1) is 0 Å². The number of aliphatic hydroxyl groups excluding tert-OH is 1. The number of hydrogen-bond donors (Lipinski definition) is 1. The van der Waals surface area contributed by atoms with Crippen LogP contribution in [-0.4, -0.2) is 11.7 Å². The number of hydrogen-bond acceptors (Lipinski definition) is 1. The van der Waals surface area contributed by atoms with Gasteiger partial charge in [0.25, 0.3) is 0 Å². The standard InChI is InChI=1S/C11H18O/c1-8-6-9-4-5-11(8,7-12)10(9,2)3/h9,12H,1,4-7H2,2-3H3/t9-,11-/m1/s1. The van der Waals surface area contributed by atoms with Crippen molar-refractivity contribution in [3.05, 3.63) is 12.2 Å². The molecular weight excluding hydrogens is 148 g/mol. The van der Waals surface area contributed by atoms with E-state index in [-0.39, 0.29) is 5.41 Å². The van der Waals surface area contributed by atoms with Crippen molar-refractivity contribution >= 4 is 0 Å². The summed E-state index contributed by atoms with van der Waals surface area (Å²) in [6.45, 7) is 9.00. The average molecular weight is 166 g/mol.